The summed E-state index contributed by atoms with van der Waals surface area (Å²) in [4.78, 5) is 0. The number of hydrogen-bond donors (Lipinski definition) is 0. The van der Waals surface area contributed by atoms with Crippen LogP contribution >= 0.6 is 0 Å². The van der Waals surface area contributed by atoms with E-state index in [1.54, 1.807) is 31.2 Å². The van der Waals surface area contributed by atoms with Crippen LogP contribution in [0.25, 0.3) is 0 Å². The summed E-state index contributed by atoms with van der Waals surface area (Å²) in [5, 5.41) is 8.99. The normalized spacial score (nSPS) is 25.2. The Balaban J connectivity index is 1.66. The minimum Gasteiger partial charge on any atom is -0.381 e. The Morgan fingerprint density at radius 3 is 2.47 bits per heavy atom. The summed E-state index contributed by atoms with van der Waals surface area (Å²) in [7, 11) is -3.77. The van der Waals surface area contributed by atoms with Crippen LogP contribution in [0.5, 0.6) is 0 Å². The van der Waals surface area contributed by atoms with Gasteiger partial charge in [0.1, 0.15) is 16.9 Å². The van der Waals surface area contributed by atoms with Crippen LogP contribution in [0.2, 0.25) is 0 Å². The highest BCUT2D eigenvalue weighted by Gasteiger charge is 2.42. The summed E-state index contributed by atoms with van der Waals surface area (Å²) >= 11 is 0. The highest BCUT2D eigenvalue weighted by molar-refractivity contribution is 7.89. The minimum atomic E-state index is -3.77. The topological polar surface area (TPSA) is 70.4 Å². The molecule has 0 aromatic heterocycles. The number of ether oxygens (including phenoxy) is 1. The Bertz CT molecular complexity index is 1130. The molecule has 2 aromatic rings. The lowest BCUT2D eigenvalue weighted by Crippen LogP contribution is -2.45. The monoisotopic (exact) mass is 460 g/mol. The van der Waals surface area contributed by atoms with Gasteiger partial charge in [0.25, 0.3) is 0 Å². The average Bonchev–Trinajstić information content (AvgIpc) is 2.79. The van der Waals surface area contributed by atoms with Gasteiger partial charge in [0, 0.05) is 36.9 Å². The number of rotatable bonds is 4. The third-order valence-electron chi connectivity index (χ3n) is 6.73. The quantitative estimate of drug-likeness (QED) is 0.669. The number of benzene rings is 2. The van der Waals surface area contributed by atoms with Crippen LogP contribution in [-0.4, -0.2) is 32.0 Å². The Morgan fingerprint density at radius 2 is 1.81 bits per heavy atom. The van der Waals surface area contributed by atoms with Crippen LogP contribution in [-0.2, 0) is 26.7 Å². The van der Waals surface area contributed by atoms with Crippen molar-refractivity contribution in [2.24, 2.45) is 0 Å². The first-order valence-corrected chi connectivity index (χ1v) is 12.3. The van der Waals surface area contributed by atoms with Crippen LogP contribution in [0.4, 0.5) is 8.78 Å². The van der Waals surface area contributed by atoms with Crippen molar-refractivity contribution < 1.29 is 21.9 Å². The van der Waals surface area contributed by atoms with Gasteiger partial charge >= 0.3 is 0 Å². The fourth-order valence-corrected chi connectivity index (χ4v) is 6.94. The molecule has 170 valence electrons. The van der Waals surface area contributed by atoms with Crippen molar-refractivity contribution in [3.8, 4) is 6.07 Å². The van der Waals surface area contributed by atoms with E-state index in [4.69, 9.17) is 4.74 Å². The molecular weight excluding hydrogens is 434 g/mol. The van der Waals surface area contributed by atoms with Crippen molar-refractivity contribution in [2.75, 3.05) is 13.2 Å². The van der Waals surface area contributed by atoms with Gasteiger partial charge in [-0.3, -0.25) is 0 Å². The van der Waals surface area contributed by atoms with E-state index < -0.39 is 32.3 Å². The van der Waals surface area contributed by atoms with Gasteiger partial charge < -0.3 is 4.74 Å². The van der Waals surface area contributed by atoms with E-state index in [2.05, 4.69) is 6.07 Å². The zero-order valence-corrected chi connectivity index (χ0v) is 18.7. The standard InChI is InChI=1S/C24H26F2N2O3S/c1-17-7-8-23(18-5-3-2-4-6-18)32(29,30)28(17)15-19-13-22(26)20(14-21(19)25)24(16-27)9-11-31-12-10-24/h2-6,13-14,17,23H,7-12,15H2,1H3/t17-,23+/m0/s1. The predicted molar refractivity (Wildman–Crippen MR) is 116 cm³/mol. The van der Waals surface area contributed by atoms with Crippen LogP contribution in [0.3, 0.4) is 0 Å². The second-order valence-corrected chi connectivity index (χ2v) is 10.7. The zero-order chi connectivity index (χ0) is 22.9. The molecule has 2 fully saturated rings. The van der Waals surface area contributed by atoms with Crippen molar-refractivity contribution in [1.82, 2.24) is 4.31 Å². The van der Waals surface area contributed by atoms with Gasteiger partial charge in [-0.05, 0) is 50.3 Å². The van der Waals surface area contributed by atoms with Gasteiger partial charge in [0.05, 0.1) is 11.5 Å². The molecule has 0 saturated carbocycles. The molecule has 0 aliphatic carbocycles. The van der Waals surface area contributed by atoms with E-state index in [-0.39, 0.29) is 36.6 Å². The average molecular weight is 461 g/mol. The SMILES string of the molecule is C[C@H]1CC[C@H](c2ccccc2)S(=O)(=O)N1Cc1cc(F)c(C2(C#N)CCOCC2)cc1F. The summed E-state index contributed by atoms with van der Waals surface area (Å²) in [6, 6.07) is 12.9. The molecule has 8 heteroatoms. The van der Waals surface area contributed by atoms with Crippen molar-refractivity contribution in [1.29, 1.82) is 5.26 Å². The highest BCUT2D eigenvalue weighted by atomic mass is 32.2. The first kappa shape index (κ1) is 22.8. The van der Waals surface area contributed by atoms with Crippen LogP contribution in [0.1, 0.15) is 54.5 Å². The van der Waals surface area contributed by atoms with E-state index in [1.807, 2.05) is 6.07 Å². The van der Waals surface area contributed by atoms with Gasteiger partial charge in [-0.2, -0.15) is 9.57 Å². The molecule has 2 atom stereocenters. The third kappa shape index (κ3) is 4.05. The van der Waals surface area contributed by atoms with Gasteiger partial charge in [-0.1, -0.05) is 30.3 Å². The van der Waals surface area contributed by atoms with Gasteiger partial charge in [0.2, 0.25) is 10.0 Å². The van der Waals surface area contributed by atoms with Crippen molar-refractivity contribution in [3.05, 3.63) is 70.8 Å². The first-order chi connectivity index (χ1) is 15.3. The van der Waals surface area contributed by atoms with Crippen molar-refractivity contribution >= 4 is 10.0 Å². The molecule has 2 aromatic carbocycles. The summed E-state index contributed by atoms with van der Waals surface area (Å²) < 4.78 is 63.6. The minimum absolute atomic E-state index is 0.0151. The molecule has 5 nitrogen and oxygen atoms in total. The van der Waals surface area contributed by atoms with Crippen LogP contribution < -0.4 is 0 Å². The Morgan fingerprint density at radius 1 is 1.12 bits per heavy atom. The van der Waals surface area contributed by atoms with Crippen LogP contribution in [0, 0.1) is 23.0 Å². The number of hydrogen-bond acceptors (Lipinski definition) is 4. The Labute approximate surface area is 187 Å². The van der Waals surface area contributed by atoms with E-state index in [0.717, 1.165) is 12.1 Å². The van der Waals surface area contributed by atoms with Gasteiger partial charge in [-0.25, -0.2) is 17.2 Å². The fraction of sp³-hybridized carbons (Fsp3) is 0.458. The molecule has 2 aliphatic heterocycles. The first-order valence-electron chi connectivity index (χ1n) is 10.8. The van der Waals surface area contributed by atoms with E-state index in [0.29, 0.717) is 31.6 Å². The second-order valence-electron chi connectivity index (χ2n) is 8.65. The molecule has 2 heterocycles. The molecule has 2 aliphatic rings. The highest BCUT2D eigenvalue weighted by Crippen LogP contribution is 2.40. The number of sulfonamides is 1. The number of nitrogens with zero attached hydrogens (tertiary/aromatic N) is 2. The Kier molecular flexibility index (Phi) is 6.35. The van der Waals surface area contributed by atoms with Crippen LogP contribution in [0.15, 0.2) is 42.5 Å². The summed E-state index contributed by atoms with van der Waals surface area (Å²) in [5.74, 6) is -1.39. The summed E-state index contributed by atoms with van der Waals surface area (Å²) in [5.41, 5.74) is -0.455. The maximum atomic E-state index is 15.1. The molecule has 0 amide bonds. The molecule has 0 N–H and O–H groups in total. The van der Waals surface area contributed by atoms with E-state index in [1.165, 1.54) is 4.31 Å². The summed E-state index contributed by atoms with van der Waals surface area (Å²) in [6.45, 7) is 2.15. The number of halogens is 2. The second kappa shape index (κ2) is 8.89. The molecule has 32 heavy (non-hydrogen) atoms. The lowest BCUT2D eigenvalue weighted by molar-refractivity contribution is 0.0664. The molecular formula is C24H26F2N2O3S. The maximum absolute atomic E-state index is 15.1. The Hall–Kier alpha value is -2.34. The molecule has 0 bridgehead atoms. The van der Waals surface area contributed by atoms with E-state index >= 15 is 8.78 Å². The maximum Gasteiger partial charge on any atom is 0.221 e. The molecule has 0 radical (unpaired) electrons. The molecule has 4 rings (SSSR count). The molecule has 0 unspecified atom stereocenters. The zero-order valence-electron chi connectivity index (χ0n) is 17.9. The summed E-state index contributed by atoms with van der Waals surface area (Å²) in [6.07, 6.45) is 1.68. The van der Waals surface area contributed by atoms with Crippen molar-refractivity contribution in [3.63, 3.8) is 0 Å². The van der Waals surface area contributed by atoms with Gasteiger partial charge in [0.15, 0.2) is 0 Å². The van der Waals surface area contributed by atoms with Crippen molar-refractivity contribution in [2.45, 2.75) is 55.9 Å². The fourth-order valence-electron chi connectivity index (χ4n) is 4.76. The third-order valence-corrected chi connectivity index (χ3v) is 9.10. The van der Waals surface area contributed by atoms with Gasteiger partial charge in [-0.15, -0.1) is 0 Å². The lowest BCUT2D eigenvalue weighted by Gasteiger charge is -2.37. The predicted octanol–water partition coefficient (Wildman–Crippen LogP) is 4.59. The molecule has 0 spiro atoms. The number of nitriles is 1. The lowest BCUT2D eigenvalue weighted by atomic mass is 9.75. The molecule has 2 saturated heterocycles. The largest absolute Gasteiger partial charge is 0.381 e. The smallest absolute Gasteiger partial charge is 0.221 e. The van der Waals surface area contributed by atoms with E-state index in [9.17, 15) is 13.7 Å².